The largest absolute Gasteiger partial charge is 0.325 e. The minimum absolute atomic E-state index is 0.197. The maximum atomic E-state index is 6.20. The fourth-order valence-electron chi connectivity index (χ4n) is 3.19. The molecule has 0 aliphatic heterocycles. The van der Waals surface area contributed by atoms with Crippen molar-refractivity contribution in [3.63, 3.8) is 0 Å². The van der Waals surface area contributed by atoms with E-state index in [0.717, 1.165) is 5.92 Å². The van der Waals surface area contributed by atoms with Gasteiger partial charge >= 0.3 is 0 Å². The van der Waals surface area contributed by atoms with E-state index in [1.54, 1.807) is 11.1 Å². The highest BCUT2D eigenvalue weighted by molar-refractivity contribution is 5.31. The van der Waals surface area contributed by atoms with Crippen LogP contribution in [0.1, 0.15) is 62.0 Å². The maximum absolute atomic E-state index is 6.20. The van der Waals surface area contributed by atoms with Gasteiger partial charge in [0.1, 0.15) is 0 Å². The standard InChI is InChI=1S/C16H23N/c17-16(11-12-16)10-9-14-7-3-4-8-15(14)13-5-1-2-6-13/h3-4,7-8,13H,1-2,5-6,9-12,17H2. The molecule has 3 rings (SSSR count). The molecule has 0 unspecified atom stereocenters. The fourth-order valence-corrected chi connectivity index (χ4v) is 3.19. The Labute approximate surface area is 104 Å². The average molecular weight is 229 g/mol. The summed E-state index contributed by atoms with van der Waals surface area (Å²) in [5, 5.41) is 0. The topological polar surface area (TPSA) is 26.0 Å². The highest BCUT2D eigenvalue weighted by Gasteiger charge is 2.37. The molecule has 0 atom stereocenters. The second kappa shape index (κ2) is 4.45. The van der Waals surface area contributed by atoms with Crippen LogP contribution in [0.4, 0.5) is 0 Å². The monoisotopic (exact) mass is 229 g/mol. The molecule has 0 radical (unpaired) electrons. The van der Waals surface area contributed by atoms with Gasteiger partial charge in [0.05, 0.1) is 0 Å². The van der Waals surface area contributed by atoms with Crippen LogP contribution in [-0.4, -0.2) is 5.54 Å². The molecule has 1 aromatic carbocycles. The second-order valence-corrected chi connectivity index (χ2v) is 6.04. The van der Waals surface area contributed by atoms with E-state index in [-0.39, 0.29) is 5.54 Å². The SMILES string of the molecule is NC1(CCc2ccccc2C2CCCC2)CC1. The Morgan fingerprint density at radius 2 is 1.82 bits per heavy atom. The van der Waals surface area contributed by atoms with Crippen molar-refractivity contribution in [1.82, 2.24) is 0 Å². The molecule has 0 bridgehead atoms. The van der Waals surface area contributed by atoms with E-state index in [2.05, 4.69) is 24.3 Å². The normalized spacial score (nSPS) is 22.9. The van der Waals surface area contributed by atoms with Gasteiger partial charge in [-0.15, -0.1) is 0 Å². The number of hydrogen-bond acceptors (Lipinski definition) is 1. The van der Waals surface area contributed by atoms with Crippen LogP contribution in [-0.2, 0) is 6.42 Å². The number of hydrogen-bond donors (Lipinski definition) is 1. The third-order valence-corrected chi connectivity index (χ3v) is 4.63. The minimum atomic E-state index is 0.197. The smallest absolute Gasteiger partial charge is 0.0158 e. The second-order valence-electron chi connectivity index (χ2n) is 6.04. The van der Waals surface area contributed by atoms with Crippen molar-refractivity contribution in [3.8, 4) is 0 Å². The Bertz CT molecular complexity index is 386. The van der Waals surface area contributed by atoms with Crippen LogP contribution >= 0.6 is 0 Å². The van der Waals surface area contributed by atoms with E-state index in [1.165, 1.54) is 51.4 Å². The molecule has 0 aromatic heterocycles. The average Bonchev–Trinajstić information content (AvgIpc) is 2.88. The first-order valence-corrected chi connectivity index (χ1v) is 7.14. The summed E-state index contributed by atoms with van der Waals surface area (Å²) in [5.74, 6) is 0.833. The van der Waals surface area contributed by atoms with Crippen molar-refractivity contribution in [1.29, 1.82) is 0 Å². The molecule has 0 amide bonds. The van der Waals surface area contributed by atoms with Gasteiger partial charge in [0.25, 0.3) is 0 Å². The Hall–Kier alpha value is -0.820. The summed E-state index contributed by atoms with van der Waals surface area (Å²) < 4.78 is 0. The van der Waals surface area contributed by atoms with Gasteiger partial charge in [-0.3, -0.25) is 0 Å². The van der Waals surface area contributed by atoms with Gasteiger partial charge < -0.3 is 5.73 Å². The minimum Gasteiger partial charge on any atom is -0.325 e. The highest BCUT2D eigenvalue weighted by Crippen LogP contribution is 2.39. The summed E-state index contributed by atoms with van der Waals surface area (Å²) in [4.78, 5) is 0. The van der Waals surface area contributed by atoms with Gasteiger partial charge in [0, 0.05) is 5.54 Å². The van der Waals surface area contributed by atoms with Gasteiger partial charge in [-0.2, -0.15) is 0 Å². The van der Waals surface area contributed by atoms with Gasteiger partial charge in [0.15, 0.2) is 0 Å². The summed E-state index contributed by atoms with van der Waals surface area (Å²) in [6.45, 7) is 0. The zero-order valence-corrected chi connectivity index (χ0v) is 10.6. The third kappa shape index (κ3) is 2.55. The molecule has 1 heteroatoms. The summed E-state index contributed by atoms with van der Waals surface area (Å²) in [6.07, 6.45) is 10.5. The van der Waals surface area contributed by atoms with E-state index < -0.39 is 0 Å². The molecule has 17 heavy (non-hydrogen) atoms. The van der Waals surface area contributed by atoms with Crippen molar-refractivity contribution < 1.29 is 0 Å². The molecule has 0 heterocycles. The van der Waals surface area contributed by atoms with E-state index in [0.29, 0.717) is 0 Å². The van der Waals surface area contributed by atoms with Crippen LogP contribution in [0.5, 0.6) is 0 Å². The number of nitrogens with two attached hydrogens (primary N) is 1. The molecule has 2 aliphatic carbocycles. The maximum Gasteiger partial charge on any atom is 0.0158 e. The highest BCUT2D eigenvalue weighted by atomic mass is 14.8. The van der Waals surface area contributed by atoms with Gasteiger partial charge in [0.2, 0.25) is 0 Å². The molecular weight excluding hydrogens is 206 g/mol. The van der Waals surface area contributed by atoms with Crippen molar-refractivity contribution in [2.24, 2.45) is 5.73 Å². The third-order valence-electron chi connectivity index (χ3n) is 4.63. The summed E-state index contributed by atoms with van der Waals surface area (Å²) >= 11 is 0. The molecular formula is C16H23N. The van der Waals surface area contributed by atoms with Crippen LogP contribution in [0, 0.1) is 0 Å². The fraction of sp³-hybridized carbons (Fsp3) is 0.625. The Kier molecular flexibility index (Phi) is 2.96. The Balaban J connectivity index is 1.73. The number of benzene rings is 1. The van der Waals surface area contributed by atoms with Crippen LogP contribution in [0.3, 0.4) is 0 Å². The van der Waals surface area contributed by atoms with Crippen LogP contribution in [0.15, 0.2) is 24.3 Å². The first-order chi connectivity index (χ1) is 8.27. The van der Waals surface area contributed by atoms with Crippen LogP contribution in [0.25, 0.3) is 0 Å². The predicted molar refractivity (Wildman–Crippen MR) is 72.1 cm³/mol. The zero-order chi connectivity index (χ0) is 11.7. The summed E-state index contributed by atoms with van der Waals surface area (Å²) in [5.41, 5.74) is 9.58. The van der Waals surface area contributed by atoms with Gasteiger partial charge in [-0.25, -0.2) is 0 Å². The lowest BCUT2D eigenvalue weighted by Gasteiger charge is -2.16. The lowest BCUT2D eigenvalue weighted by atomic mass is 9.90. The molecule has 2 fully saturated rings. The first kappa shape index (κ1) is 11.3. The lowest BCUT2D eigenvalue weighted by Crippen LogP contribution is -2.22. The number of rotatable bonds is 4. The molecule has 2 aliphatic rings. The zero-order valence-electron chi connectivity index (χ0n) is 10.6. The summed E-state index contributed by atoms with van der Waals surface area (Å²) in [6, 6.07) is 9.05. The molecule has 2 saturated carbocycles. The molecule has 2 N–H and O–H groups in total. The summed E-state index contributed by atoms with van der Waals surface area (Å²) in [7, 11) is 0. The molecule has 0 spiro atoms. The van der Waals surface area contributed by atoms with Crippen LogP contribution in [0.2, 0.25) is 0 Å². The molecule has 0 saturated heterocycles. The van der Waals surface area contributed by atoms with E-state index >= 15 is 0 Å². The molecule has 1 nitrogen and oxygen atoms in total. The molecule has 1 aromatic rings. The van der Waals surface area contributed by atoms with E-state index in [4.69, 9.17) is 5.73 Å². The van der Waals surface area contributed by atoms with Gasteiger partial charge in [-0.05, 0) is 55.6 Å². The van der Waals surface area contributed by atoms with Crippen molar-refractivity contribution in [2.75, 3.05) is 0 Å². The Morgan fingerprint density at radius 1 is 1.12 bits per heavy atom. The van der Waals surface area contributed by atoms with Crippen molar-refractivity contribution >= 4 is 0 Å². The quantitative estimate of drug-likeness (QED) is 0.835. The first-order valence-electron chi connectivity index (χ1n) is 7.14. The Morgan fingerprint density at radius 3 is 2.53 bits per heavy atom. The predicted octanol–water partition coefficient (Wildman–Crippen LogP) is 3.77. The lowest BCUT2D eigenvalue weighted by molar-refractivity contribution is 0.602. The van der Waals surface area contributed by atoms with Gasteiger partial charge in [-0.1, -0.05) is 37.1 Å². The molecule has 92 valence electrons. The van der Waals surface area contributed by atoms with Crippen LogP contribution < -0.4 is 5.73 Å². The van der Waals surface area contributed by atoms with E-state index in [1.807, 2.05) is 0 Å². The number of aryl methyl sites for hydroxylation is 1. The van der Waals surface area contributed by atoms with Crippen molar-refractivity contribution in [2.45, 2.75) is 62.8 Å². The van der Waals surface area contributed by atoms with E-state index in [9.17, 15) is 0 Å². The van der Waals surface area contributed by atoms with Crippen molar-refractivity contribution in [3.05, 3.63) is 35.4 Å².